The van der Waals surface area contributed by atoms with Crippen molar-refractivity contribution in [3.05, 3.63) is 29.8 Å². The van der Waals surface area contributed by atoms with Gasteiger partial charge in [0, 0.05) is 57.8 Å². The third kappa shape index (κ3) is 5.02. The quantitative estimate of drug-likeness (QED) is 0.759. The summed E-state index contributed by atoms with van der Waals surface area (Å²) in [7, 11) is 0. The molecule has 0 radical (unpaired) electrons. The molecule has 2 amide bonds. The highest BCUT2D eigenvalue weighted by Gasteiger charge is 2.43. The number of fused-ring (bicyclic) bond motifs is 1. The summed E-state index contributed by atoms with van der Waals surface area (Å²) in [6.07, 6.45) is -3.41. The van der Waals surface area contributed by atoms with E-state index in [1.807, 2.05) is 24.3 Å². The Balaban J connectivity index is 1.54. The molecule has 2 N–H and O–H groups in total. The summed E-state index contributed by atoms with van der Waals surface area (Å²) in [5.41, 5.74) is 1.82. The van der Waals surface area contributed by atoms with Crippen LogP contribution in [-0.2, 0) is 16.0 Å². The molecule has 0 bridgehead atoms. The van der Waals surface area contributed by atoms with Crippen molar-refractivity contribution in [3.8, 4) is 0 Å². The van der Waals surface area contributed by atoms with Gasteiger partial charge in [0.2, 0.25) is 11.8 Å². The van der Waals surface area contributed by atoms with Crippen LogP contribution in [0.2, 0.25) is 0 Å². The van der Waals surface area contributed by atoms with E-state index in [0.717, 1.165) is 11.3 Å². The van der Waals surface area contributed by atoms with Crippen LogP contribution >= 0.6 is 0 Å². The number of benzene rings is 1. The van der Waals surface area contributed by atoms with Crippen LogP contribution in [0.25, 0.3) is 0 Å². The Hall–Kier alpha value is -2.13. The first-order chi connectivity index (χ1) is 13.4. The van der Waals surface area contributed by atoms with Gasteiger partial charge in [0.25, 0.3) is 0 Å². The minimum absolute atomic E-state index is 0.0355. The number of carbonyl (C=O) groups is 2. The zero-order valence-electron chi connectivity index (χ0n) is 15.6. The molecule has 3 rings (SSSR count). The Morgan fingerprint density at radius 2 is 1.89 bits per heavy atom. The predicted molar refractivity (Wildman–Crippen MR) is 99.0 cm³/mol. The molecule has 0 spiro atoms. The molecule has 1 saturated heterocycles. The molecule has 1 aromatic rings. The highest BCUT2D eigenvalue weighted by atomic mass is 19.4. The Labute approximate surface area is 162 Å². The lowest BCUT2D eigenvalue weighted by atomic mass is 10.0. The third-order valence-electron chi connectivity index (χ3n) is 5.22. The summed E-state index contributed by atoms with van der Waals surface area (Å²) >= 11 is 0. The number of piperazine rings is 1. The maximum absolute atomic E-state index is 13.4. The molecule has 28 heavy (non-hydrogen) atoms. The SMILES string of the molecule is O=C(CCN1C(=O)CCc2ccccc21)NCC(N1CCNCC1)C(F)(F)F. The Kier molecular flexibility index (Phi) is 6.56. The maximum atomic E-state index is 13.4. The average Bonchev–Trinajstić information content (AvgIpc) is 2.67. The van der Waals surface area contributed by atoms with Crippen LogP contribution in [0.1, 0.15) is 18.4 Å². The predicted octanol–water partition coefficient (Wildman–Crippen LogP) is 1.31. The second-order valence-electron chi connectivity index (χ2n) is 7.07. The highest BCUT2D eigenvalue weighted by molar-refractivity contribution is 5.96. The Morgan fingerprint density at radius 1 is 1.18 bits per heavy atom. The zero-order valence-corrected chi connectivity index (χ0v) is 15.6. The van der Waals surface area contributed by atoms with Crippen molar-refractivity contribution in [3.63, 3.8) is 0 Å². The first kappa shape index (κ1) is 20.6. The molecule has 9 heteroatoms. The molecule has 1 atom stereocenters. The average molecular weight is 398 g/mol. The van der Waals surface area contributed by atoms with E-state index in [2.05, 4.69) is 10.6 Å². The molecule has 0 saturated carbocycles. The van der Waals surface area contributed by atoms with Crippen molar-refractivity contribution in [2.45, 2.75) is 31.5 Å². The number of nitrogens with zero attached hydrogens (tertiary/aromatic N) is 2. The Bertz CT molecular complexity index is 705. The lowest BCUT2D eigenvalue weighted by molar-refractivity contribution is -0.184. The fourth-order valence-electron chi connectivity index (χ4n) is 3.70. The number of aryl methyl sites for hydroxylation is 1. The number of carbonyl (C=O) groups excluding carboxylic acids is 2. The van der Waals surface area contributed by atoms with Gasteiger partial charge in [-0.25, -0.2) is 0 Å². The molecular weight excluding hydrogens is 373 g/mol. The second kappa shape index (κ2) is 8.91. The third-order valence-corrected chi connectivity index (χ3v) is 5.22. The maximum Gasteiger partial charge on any atom is 0.405 e. The monoisotopic (exact) mass is 398 g/mol. The van der Waals surface area contributed by atoms with Gasteiger partial charge < -0.3 is 15.5 Å². The standard InChI is InChI=1S/C19H25F3N4O2/c20-19(21,22)16(25-11-8-23-9-12-25)13-24-17(27)7-10-26-15-4-2-1-3-14(15)5-6-18(26)28/h1-4,16,23H,5-13H2,(H,24,27). The number of halogens is 3. The van der Waals surface area contributed by atoms with Gasteiger partial charge >= 0.3 is 6.18 Å². The van der Waals surface area contributed by atoms with Crippen molar-refractivity contribution in [1.82, 2.24) is 15.5 Å². The zero-order chi connectivity index (χ0) is 20.1. The van der Waals surface area contributed by atoms with E-state index in [1.54, 1.807) is 4.90 Å². The Morgan fingerprint density at radius 3 is 2.61 bits per heavy atom. The number of nitrogens with one attached hydrogen (secondary N) is 2. The summed E-state index contributed by atoms with van der Waals surface area (Å²) in [4.78, 5) is 27.3. The normalized spacial score (nSPS) is 19.2. The topological polar surface area (TPSA) is 64.7 Å². The summed E-state index contributed by atoms with van der Waals surface area (Å²) in [5, 5.41) is 5.43. The molecular formula is C19H25F3N4O2. The minimum Gasteiger partial charge on any atom is -0.354 e. The molecule has 0 aromatic heterocycles. The molecule has 154 valence electrons. The van der Waals surface area contributed by atoms with Gasteiger partial charge in [-0.05, 0) is 18.1 Å². The van der Waals surface area contributed by atoms with E-state index in [4.69, 9.17) is 0 Å². The van der Waals surface area contributed by atoms with Crippen LogP contribution in [-0.4, -0.2) is 68.2 Å². The lowest BCUT2D eigenvalue weighted by Gasteiger charge is -2.36. The largest absolute Gasteiger partial charge is 0.405 e. The van der Waals surface area contributed by atoms with Gasteiger partial charge in [0.1, 0.15) is 6.04 Å². The number of anilines is 1. The van der Waals surface area contributed by atoms with Crippen LogP contribution in [0.4, 0.5) is 18.9 Å². The van der Waals surface area contributed by atoms with Gasteiger partial charge in [-0.15, -0.1) is 0 Å². The molecule has 2 heterocycles. The number of amides is 2. The molecule has 2 aliphatic heterocycles. The number of para-hydroxylation sites is 1. The number of hydrogen-bond acceptors (Lipinski definition) is 4. The van der Waals surface area contributed by atoms with Gasteiger partial charge in [0.15, 0.2) is 0 Å². The van der Waals surface area contributed by atoms with Gasteiger partial charge in [-0.1, -0.05) is 18.2 Å². The van der Waals surface area contributed by atoms with Gasteiger partial charge in [0.05, 0.1) is 0 Å². The van der Waals surface area contributed by atoms with Crippen molar-refractivity contribution < 1.29 is 22.8 Å². The highest BCUT2D eigenvalue weighted by Crippen LogP contribution is 2.27. The number of rotatable bonds is 6. The first-order valence-electron chi connectivity index (χ1n) is 9.52. The molecule has 6 nitrogen and oxygen atoms in total. The van der Waals surface area contributed by atoms with Crippen molar-refractivity contribution in [2.75, 3.05) is 44.2 Å². The van der Waals surface area contributed by atoms with Gasteiger partial charge in [-0.3, -0.25) is 14.5 Å². The lowest BCUT2D eigenvalue weighted by Crippen LogP contribution is -2.57. The van der Waals surface area contributed by atoms with Crippen molar-refractivity contribution >= 4 is 17.5 Å². The summed E-state index contributed by atoms with van der Waals surface area (Å²) < 4.78 is 40.1. The van der Waals surface area contributed by atoms with Crippen LogP contribution in [0.15, 0.2) is 24.3 Å². The summed E-state index contributed by atoms with van der Waals surface area (Å²) in [6, 6.07) is 5.79. The fraction of sp³-hybridized carbons (Fsp3) is 0.579. The number of alkyl halides is 3. The van der Waals surface area contributed by atoms with Crippen molar-refractivity contribution in [2.24, 2.45) is 0 Å². The number of hydrogen-bond donors (Lipinski definition) is 2. The van der Waals surface area contributed by atoms with Crippen LogP contribution < -0.4 is 15.5 Å². The van der Waals surface area contributed by atoms with E-state index in [-0.39, 0.29) is 18.9 Å². The van der Waals surface area contributed by atoms with E-state index in [1.165, 1.54) is 4.90 Å². The van der Waals surface area contributed by atoms with Gasteiger partial charge in [-0.2, -0.15) is 13.2 Å². The minimum atomic E-state index is -4.41. The fourth-order valence-corrected chi connectivity index (χ4v) is 3.70. The van der Waals surface area contributed by atoms with Crippen molar-refractivity contribution in [1.29, 1.82) is 0 Å². The molecule has 2 aliphatic rings. The second-order valence-corrected chi connectivity index (χ2v) is 7.07. The summed E-state index contributed by atoms with van der Waals surface area (Å²) in [6.45, 7) is 1.26. The molecule has 1 fully saturated rings. The molecule has 0 aliphatic carbocycles. The van der Waals surface area contributed by atoms with E-state index < -0.39 is 24.7 Å². The first-order valence-corrected chi connectivity index (χ1v) is 9.52. The smallest absolute Gasteiger partial charge is 0.354 e. The van der Waals surface area contributed by atoms with Crippen LogP contribution in [0, 0.1) is 0 Å². The van der Waals surface area contributed by atoms with E-state index in [9.17, 15) is 22.8 Å². The van der Waals surface area contributed by atoms with E-state index >= 15 is 0 Å². The molecule has 1 aromatic carbocycles. The van der Waals surface area contributed by atoms with Crippen LogP contribution in [0.3, 0.4) is 0 Å². The molecule has 1 unspecified atom stereocenters. The summed E-state index contributed by atoms with van der Waals surface area (Å²) in [5.74, 6) is -0.555. The van der Waals surface area contributed by atoms with Crippen LogP contribution in [0.5, 0.6) is 0 Å². The van der Waals surface area contributed by atoms with E-state index in [0.29, 0.717) is 39.0 Å².